The Morgan fingerprint density at radius 1 is 1.00 bits per heavy atom. The number of nitrogens with zero attached hydrogens (tertiary/aromatic N) is 1. The molecule has 1 aromatic heterocycles. The lowest BCUT2D eigenvalue weighted by molar-refractivity contribution is 0.989. The van der Waals surface area contributed by atoms with Crippen molar-refractivity contribution < 1.29 is 0 Å². The zero-order chi connectivity index (χ0) is 12.1. The van der Waals surface area contributed by atoms with Crippen molar-refractivity contribution in [3.05, 3.63) is 53.6 Å². The monoisotopic (exact) mass is 233 g/mol. The summed E-state index contributed by atoms with van der Waals surface area (Å²) >= 11 is 0. The van der Waals surface area contributed by atoms with Crippen LogP contribution in [0.15, 0.2) is 42.5 Å². The molecule has 0 atom stereocenters. The summed E-state index contributed by atoms with van der Waals surface area (Å²) in [6.07, 6.45) is 6.87. The molecule has 0 bridgehead atoms. The minimum absolute atomic E-state index is 1.16. The SMILES string of the molecule is Cn1c2ccccc2c2c3c(ccc21)C=CCC3. The average molecular weight is 233 g/mol. The largest absolute Gasteiger partial charge is 0.344 e. The van der Waals surface area contributed by atoms with E-state index in [1.54, 1.807) is 0 Å². The zero-order valence-electron chi connectivity index (χ0n) is 10.5. The molecule has 3 aromatic rings. The highest BCUT2D eigenvalue weighted by Crippen LogP contribution is 2.35. The maximum atomic E-state index is 2.31. The van der Waals surface area contributed by atoms with Gasteiger partial charge in [-0.2, -0.15) is 0 Å². The molecule has 0 aliphatic heterocycles. The predicted molar refractivity (Wildman–Crippen MR) is 77.8 cm³/mol. The quantitative estimate of drug-likeness (QED) is 0.546. The topological polar surface area (TPSA) is 4.93 Å². The fraction of sp³-hybridized carbons (Fsp3) is 0.176. The number of rotatable bonds is 0. The third kappa shape index (κ3) is 1.16. The molecule has 1 heteroatoms. The van der Waals surface area contributed by atoms with Crippen LogP contribution in [0, 0.1) is 0 Å². The van der Waals surface area contributed by atoms with E-state index in [-0.39, 0.29) is 0 Å². The van der Waals surface area contributed by atoms with Crippen LogP contribution in [0.25, 0.3) is 27.9 Å². The number of aryl methyl sites for hydroxylation is 2. The van der Waals surface area contributed by atoms with Gasteiger partial charge in [0.25, 0.3) is 0 Å². The van der Waals surface area contributed by atoms with Gasteiger partial charge in [-0.05, 0) is 36.1 Å². The molecule has 0 fully saturated rings. The van der Waals surface area contributed by atoms with Gasteiger partial charge in [0.1, 0.15) is 0 Å². The van der Waals surface area contributed by atoms with Gasteiger partial charge in [-0.1, -0.05) is 36.4 Å². The molecule has 0 saturated carbocycles. The van der Waals surface area contributed by atoms with E-state index in [1.807, 2.05) is 0 Å². The molecule has 0 radical (unpaired) electrons. The summed E-state index contributed by atoms with van der Waals surface area (Å²) in [6.45, 7) is 0. The van der Waals surface area contributed by atoms with Gasteiger partial charge in [-0.15, -0.1) is 0 Å². The Labute approximate surface area is 106 Å². The number of allylic oxidation sites excluding steroid dienone is 1. The first-order chi connectivity index (χ1) is 8.86. The first-order valence-corrected chi connectivity index (χ1v) is 6.52. The minimum atomic E-state index is 1.16. The van der Waals surface area contributed by atoms with E-state index in [4.69, 9.17) is 0 Å². The molecule has 0 N–H and O–H groups in total. The Bertz CT molecular complexity index is 790. The van der Waals surface area contributed by atoms with Crippen molar-refractivity contribution in [2.24, 2.45) is 7.05 Å². The van der Waals surface area contributed by atoms with Gasteiger partial charge in [0, 0.05) is 28.9 Å². The number of benzene rings is 2. The van der Waals surface area contributed by atoms with Crippen molar-refractivity contribution in [1.82, 2.24) is 4.57 Å². The van der Waals surface area contributed by atoms with Gasteiger partial charge in [0.15, 0.2) is 0 Å². The minimum Gasteiger partial charge on any atom is -0.344 e. The van der Waals surface area contributed by atoms with Gasteiger partial charge >= 0.3 is 0 Å². The van der Waals surface area contributed by atoms with Crippen molar-refractivity contribution in [3.63, 3.8) is 0 Å². The van der Waals surface area contributed by atoms with E-state index < -0.39 is 0 Å². The van der Waals surface area contributed by atoms with E-state index in [2.05, 4.69) is 60.2 Å². The fourth-order valence-corrected chi connectivity index (χ4v) is 3.20. The van der Waals surface area contributed by atoms with Crippen LogP contribution in [0.4, 0.5) is 0 Å². The lowest BCUT2D eigenvalue weighted by Gasteiger charge is -2.12. The standard InChI is InChI=1S/C17H15N/c1-18-15-9-5-4-8-14(15)17-13-7-3-2-6-12(13)10-11-16(17)18/h2,4-6,8-11H,3,7H2,1H3. The Morgan fingerprint density at radius 2 is 1.89 bits per heavy atom. The molecule has 1 aliphatic carbocycles. The zero-order valence-corrected chi connectivity index (χ0v) is 10.5. The maximum Gasteiger partial charge on any atom is 0.0491 e. The highest BCUT2D eigenvalue weighted by atomic mass is 14.9. The second kappa shape index (κ2) is 3.49. The van der Waals surface area contributed by atoms with Crippen molar-refractivity contribution >= 4 is 27.9 Å². The van der Waals surface area contributed by atoms with Crippen molar-refractivity contribution in [2.75, 3.05) is 0 Å². The number of hydrogen-bond acceptors (Lipinski definition) is 0. The maximum absolute atomic E-state index is 2.31. The molecule has 0 saturated heterocycles. The van der Waals surface area contributed by atoms with Gasteiger partial charge in [0.05, 0.1) is 0 Å². The molecule has 18 heavy (non-hydrogen) atoms. The van der Waals surface area contributed by atoms with Crippen molar-refractivity contribution in [3.8, 4) is 0 Å². The smallest absolute Gasteiger partial charge is 0.0491 e. The number of fused-ring (bicyclic) bond motifs is 5. The van der Waals surface area contributed by atoms with Gasteiger partial charge in [-0.3, -0.25) is 0 Å². The lowest BCUT2D eigenvalue weighted by Crippen LogP contribution is -1.95. The number of aromatic nitrogens is 1. The van der Waals surface area contributed by atoms with Gasteiger partial charge in [0.2, 0.25) is 0 Å². The molecule has 0 amide bonds. The number of para-hydroxylation sites is 1. The normalized spacial score (nSPS) is 14.3. The molecular weight excluding hydrogens is 218 g/mol. The van der Waals surface area contributed by atoms with Gasteiger partial charge < -0.3 is 4.57 Å². The predicted octanol–water partition coefficient (Wildman–Crippen LogP) is 4.29. The van der Waals surface area contributed by atoms with Crippen LogP contribution in [0.1, 0.15) is 17.5 Å². The highest BCUT2D eigenvalue weighted by Gasteiger charge is 2.14. The lowest BCUT2D eigenvalue weighted by atomic mass is 9.93. The summed E-state index contributed by atoms with van der Waals surface area (Å²) in [7, 11) is 2.16. The summed E-state index contributed by atoms with van der Waals surface area (Å²) in [6, 6.07) is 13.2. The molecule has 2 aromatic carbocycles. The second-order valence-corrected chi connectivity index (χ2v) is 5.04. The molecule has 1 heterocycles. The van der Waals surface area contributed by atoms with E-state index in [1.165, 1.54) is 32.9 Å². The summed E-state index contributed by atoms with van der Waals surface area (Å²) in [4.78, 5) is 0. The summed E-state index contributed by atoms with van der Waals surface area (Å²) < 4.78 is 2.31. The summed E-state index contributed by atoms with van der Waals surface area (Å²) in [5.74, 6) is 0. The molecule has 4 rings (SSSR count). The van der Waals surface area contributed by atoms with E-state index in [0.29, 0.717) is 0 Å². The molecular formula is C17H15N. The first kappa shape index (κ1) is 9.95. The molecule has 0 unspecified atom stereocenters. The Morgan fingerprint density at radius 3 is 2.83 bits per heavy atom. The molecule has 1 nitrogen and oxygen atoms in total. The van der Waals surface area contributed by atoms with Crippen molar-refractivity contribution in [2.45, 2.75) is 12.8 Å². The summed E-state index contributed by atoms with van der Waals surface area (Å²) in [5.41, 5.74) is 5.60. The van der Waals surface area contributed by atoms with E-state index >= 15 is 0 Å². The van der Waals surface area contributed by atoms with Crippen LogP contribution >= 0.6 is 0 Å². The number of hydrogen-bond donors (Lipinski definition) is 0. The average Bonchev–Trinajstić information content (AvgIpc) is 2.73. The first-order valence-electron chi connectivity index (χ1n) is 6.52. The summed E-state index contributed by atoms with van der Waals surface area (Å²) in [5, 5.41) is 2.84. The highest BCUT2D eigenvalue weighted by molar-refractivity contribution is 6.10. The molecule has 88 valence electrons. The van der Waals surface area contributed by atoms with Gasteiger partial charge in [-0.25, -0.2) is 0 Å². The molecule has 1 aliphatic rings. The molecule has 0 spiro atoms. The van der Waals surface area contributed by atoms with Crippen LogP contribution in [0.5, 0.6) is 0 Å². The van der Waals surface area contributed by atoms with E-state index in [0.717, 1.165) is 12.8 Å². The third-order valence-electron chi connectivity index (χ3n) is 4.08. The van der Waals surface area contributed by atoms with Crippen LogP contribution in [-0.4, -0.2) is 4.57 Å². The Kier molecular flexibility index (Phi) is 1.93. The van der Waals surface area contributed by atoms with Crippen molar-refractivity contribution in [1.29, 1.82) is 0 Å². The van der Waals surface area contributed by atoms with E-state index in [9.17, 15) is 0 Å². The second-order valence-electron chi connectivity index (χ2n) is 5.04. The fourth-order valence-electron chi connectivity index (χ4n) is 3.20. The van der Waals surface area contributed by atoms with Crippen LogP contribution in [0.2, 0.25) is 0 Å². The third-order valence-corrected chi connectivity index (χ3v) is 4.08. The Hall–Kier alpha value is -2.02. The Balaban J connectivity index is 2.28. The van der Waals surface area contributed by atoms with Crippen LogP contribution in [0.3, 0.4) is 0 Å². The van der Waals surface area contributed by atoms with Crippen LogP contribution < -0.4 is 0 Å². The van der Waals surface area contributed by atoms with Crippen LogP contribution in [-0.2, 0) is 13.5 Å².